The summed E-state index contributed by atoms with van der Waals surface area (Å²) in [7, 11) is 1.72. The molecule has 1 atom stereocenters. The maximum Gasteiger partial charge on any atom is 0.127 e. The molecule has 0 aliphatic carbocycles. The molecule has 1 rings (SSSR count). The van der Waals surface area contributed by atoms with E-state index in [0.29, 0.717) is 11.4 Å². The van der Waals surface area contributed by atoms with E-state index in [0.717, 1.165) is 0 Å². The standard InChI is InChI=1S/C7H11N3O/c1-3-6(11)5-4-9-10(2)7(5)8/h3-4,6,11H,1,8H2,2H3. The number of aromatic nitrogens is 2. The highest BCUT2D eigenvalue weighted by atomic mass is 16.3. The van der Waals surface area contributed by atoms with Gasteiger partial charge in [0.15, 0.2) is 0 Å². The zero-order chi connectivity index (χ0) is 8.43. The van der Waals surface area contributed by atoms with E-state index < -0.39 is 6.10 Å². The lowest BCUT2D eigenvalue weighted by Crippen LogP contribution is -2.01. The second-order valence-corrected chi connectivity index (χ2v) is 2.29. The molecule has 0 aromatic carbocycles. The maximum absolute atomic E-state index is 9.27. The van der Waals surface area contributed by atoms with Crippen LogP contribution >= 0.6 is 0 Å². The Kier molecular flexibility index (Phi) is 1.96. The summed E-state index contributed by atoms with van der Waals surface area (Å²) in [5, 5.41) is 13.1. The second kappa shape index (κ2) is 2.75. The number of aliphatic hydroxyl groups is 1. The highest BCUT2D eigenvalue weighted by Gasteiger charge is 2.10. The van der Waals surface area contributed by atoms with E-state index in [9.17, 15) is 5.11 Å². The van der Waals surface area contributed by atoms with Crippen LogP contribution in [-0.4, -0.2) is 14.9 Å². The predicted octanol–water partition coefficient (Wildman–Crippen LogP) is 0.222. The number of nitrogens with zero attached hydrogens (tertiary/aromatic N) is 2. The van der Waals surface area contributed by atoms with Crippen molar-refractivity contribution in [2.45, 2.75) is 6.10 Å². The number of aliphatic hydroxyl groups excluding tert-OH is 1. The van der Waals surface area contributed by atoms with Crippen molar-refractivity contribution in [2.75, 3.05) is 5.73 Å². The van der Waals surface area contributed by atoms with Gasteiger partial charge in [-0.15, -0.1) is 6.58 Å². The Hall–Kier alpha value is -1.29. The van der Waals surface area contributed by atoms with E-state index >= 15 is 0 Å². The van der Waals surface area contributed by atoms with E-state index in [1.54, 1.807) is 7.05 Å². The second-order valence-electron chi connectivity index (χ2n) is 2.29. The van der Waals surface area contributed by atoms with Crippen molar-refractivity contribution >= 4 is 5.82 Å². The van der Waals surface area contributed by atoms with Gasteiger partial charge in [-0.1, -0.05) is 6.08 Å². The summed E-state index contributed by atoms with van der Waals surface area (Å²) >= 11 is 0. The average Bonchev–Trinajstić information content (AvgIpc) is 2.32. The fourth-order valence-electron chi connectivity index (χ4n) is 0.819. The van der Waals surface area contributed by atoms with E-state index in [-0.39, 0.29) is 0 Å². The normalized spacial score (nSPS) is 12.9. The van der Waals surface area contributed by atoms with Crippen LogP contribution in [0.3, 0.4) is 0 Å². The fraction of sp³-hybridized carbons (Fsp3) is 0.286. The van der Waals surface area contributed by atoms with Gasteiger partial charge in [-0.25, -0.2) is 0 Å². The summed E-state index contributed by atoms with van der Waals surface area (Å²) < 4.78 is 1.50. The van der Waals surface area contributed by atoms with Crippen molar-refractivity contribution in [2.24, 2.45) is 7.05 Å². The van der Waals surface area contributed by atoms with Gasteiger partial charge in [0.2, 0.25) is 0 Å². The highest BCUT2D eigenvalue weighted by Crippen LogP contribution is 2.19. The fourth-order valence-corrected chi connectivity index (χ4v) is 0.819. The van der Waals surface area contributed by atoms with Crippen molar-refractivity contribution in [3.8, 4) is 0 Å². The van der Waals surface area contributed by atoms with Crippen LogP contribution < -0.4 is 5.73 Å². The smallest absolute Gasteiger partial charge is 0.127 e. The third kappa shape index (κ3) is 1.25. The number of nitrogens with two attached hydrogens (primary N) is 1. The van der Waals surface area contributed by atoms with E-state index in [4.69, 9.17) is 5.73 Å². The molecule has 0 spiro atoms. The molecule has 0 aliphatic rings. The van der Waals surface area contributed by atoms with Gasteiger partial charge in [0.1, 0.15) is 11.9 Å². The molecule has 4 nitrogen and oxygen atoms in total. The Balaban J connectivity index is 3.03. The van der Waals surface area contributed by atoms with Crippen LogP contribution in [0.4, 0.5) is 5.82 Å². The molecular formula is C7H11N3O. The third-order valence-electron chi connectivity index (χ3n) is 1.56. The molecule has 1 heterocycles. The molecule has 1 aromatic heterocycles. The predicted molar refractivity (Wildman–Crippen MR) is 42.8 cm³/mol. The summed E-state index contributed by atoms with van der Waals surface area (Å²) in [6.07, 6.45) is 2.22. The van der Waals surface area contributed by atoms with Crippen LogP contribution in [0.5, 0.6) is 0 Å². The van der Waals surface area contributed by atoms with Gasteiger partial charge in [0.05, 0.1) is 6.20 Å². The van der Waals surface area contributed by atoms with E-state index in [2.05, 4.69) is 11.7 Å². The molecule has 60 valence electrons. The molecule has 0 saturated heterocycles. The van der Waals surface area contributed by atoms with Crippen molar-refractivity contribution in [3.63, 3.8) is 0 Å². The molecule has 0 bridgehead atoms. The Morgan fingerprint density at radius 3 is 2.91 bits per heavy atom. The summed E-state index contributed by atoms with van der Waals surface area (Å²) in [5.74, 6) is 0.470. The zero-order valence-electron chi connectivity index (χ0n) is 6.36. The van der Waals surface area contributed by atoms with Gasteiger partial charge in [-0.05, 0) is 0 Å². The monoisotopic (exact) mass is 153 g/mol. The SMILES string of the molecule is C=CC(O)c1cnn(C)c1N. The number of nitrogen functional groups attached to an aromatic ring is 1. The molecule has 0 aliphatic heterocycles. The van der Waals surface area contributed by atoms with Gasteiger partial charge in [-0.2, -0.15) is 5.10 Å². The summed E-state index contributed by atoms with van der Waals surface area (Å²) in [4.78, 5) is 0. The first kappa shape index (κ1) is 7.81. The van der Waals surface area contributed by atoms with Crippen molar-refractivity contribution in [1.29, 1.82) is 0 Å². The van der Waals surface area contributed by atoms with Crippen LogP contribution in [0.15, 0.2) is 18.9 Å². The molecule has 1 unspecified atom stereocenters. The molecule has 11 heavy (non-hydrogen) atoms. The Labute approximate surface area is 64.9 Å². The number of hydrogen-bond acceptors (Lipinski definition) is 3. The topological polar surface area (TPSA) is 64.1 Å². The average molecular weight is 153 g/mol. The van der Waals surface area contributed by atoms with Gasteiger partial charge in [-0.3, -0.25) is 4.68 Å². The number of anilines is 1. The lowest BCUT2D eigenvalue weighted by Gasteiger charge is -2.02. The van der Waals surface area contributed by atoms with E-state index in [1.807, 2.05) is 0 Å². The minimum Gasteiger partial charge on any atom is -0.384 e. The minimum absolute atomic E-state index is 0.470. The molecule has 0 amide bonds. The quantitative estimate of drug-likeness (QED) is 0.597. The molecule has 0 fully saturated rings. The van der Waals surface area contributed by atoms with Crippen LogP contribution in [0.1, 0.15) is 11.7 Å². The van der Waals surface area contributed by atoms with Crippen LogP contribution in [0.25, 0.3) is 0 Å². The molecule has 1 aromatic rings. The number of aryl methyl sites for hydroxylation is 1. The van der Waals surface area contributed by atoms with Gasteiger partial charge in [0, 0.05) is 12.6 Å². The molecular weight excluding hydrogens is 142 g/mol. The Morgan fingerprint density at radius 2 is 2.55 bits per heavy atom. The Bertz CT molecular complexity index is 267. The molecule has 3 N–H and O–H groups in total. The Morgan fingerprint density at radius 1 is 1.91 bits per heavy atom. The number of rotatable bonds is 2. The van der Waals surface area contributed by atoms with Gasteiger partial charge < -0.3 is 10.8 Å². The van der Waals surface area contributed by atoms with Crippen LogP contribution in [-0.2, 0) is 7.05 Å². The molecule has 4 heteroatoms. The molecule has 0 saturated carbocycles. The van der Waals surface area contributed by atoms with Crippen molar-refractivity contribution < 1.29 is 5.11 Å². The first-order valence-electron chi connectivity index (χ1n) is 3.24. The number of hydrogen-bond donors (Lipinski definition) is 2. The first-order chi connectivity index (χ1) is 5.16. The van der Waals surface area contributed by atoms with E-state index in [1.165, 1.54) is 17.0 Å². The summed E-state index contributed by atoms with van der Waals surface area (Å²) in [5.41, 5.74) is 6.17. The largest absolute Gasteiger partial charge is 0.384 e. The summed E-state index contributed by atoms with van der Waals surface area (Å²) in [6.45, 7) is 3.44. The third-order valence-corrected chi connectivity index (χ3v) is 1.56. The van der Waals surface area contributed by atoms with Gasteiger partial charge >= 0.3 is 0 Å². The minimum atomic E-state index is -0.719. The van der Waals surface area contributed by atoms with Crippen molar-refractivity contribution in [1.82, 2.24) is 9.78 Å². The zero-order valence-corrected chi connectivity index (χ0v) is 6.36. The maximum atomic E-state index is 9.27. The first-order valence-corrected chi connectivity index (χ1v) is 3.24. The van der Waals surface area contributed by atoms with Crippen LogP contribution in [0.2, 0.25) is 0 Å². The van der Waals surface area contributed by atoms with Crippen LogP contribution in [0, 0.1) is 0 Å². The summed E-state index contributed by atoms with van der Waals surface area (Å²) in [6, 6.07) is 0. The van der Waals surface area contributed by atoms with Gasteiger partial charge in [0.25, 0.3) is 0 Å². The molecule has 0 radical (unpaired) electrons. The highest BCUT2D eigenvalue weighted by molar-refractivity contribution is 5.41. The lowest BCUT2D eigenvalue weighted by atomic mass is 10.2. The van der Waals surface area contributed by atoms with Crippen molar-refractivity contribution in [3.05, 3.63) is 24.4 Å². The lowest BCUT2D eigenvalue weighted by molar-refractivity contribution is 0.230.